The number of aliphatic imine (C=N–C) groups is 1. The van der Waals surface area contributed by atoms with Gasteiger partial charge in [0.15, 0.2) is 5.96 Å². The van der Waals surface area contributed by atoms with Crippen molar-refractivity contribution in [2.45, 2.75) is 20.1 Å². The lowest BCUT2D eigenvalue weighted by atomic mass is 10.2. The molecule has 2 aromatic heterocycles. The highest BCUT2D eigenvalue weighted by atomic mass is 16.5. The molecule has 0 aliphatic carbocycles. The van der Waals surface area contributed by atoms with Crippen molar-refractivity contribution in [1.82, 2.24) is 25.2 Å². The Labute approximate surface area is 189 Å². The number of nitrogens with zero attached hydrogens (tertiary/aromatic N) is 6. The predicted octanol–water partition coefficient (Wildman–Crippen LogP) is 2.74. The molecule has 8 nitrogen and oxygen atoms in total. The number of piperazine rings is 1. The van der Waals surface area contributed by atoms with Gasteiger partial charge in [0, 0.05) is 56.9 Å². The van der Waals surface area contributed by atoms with Gasteiger partial charge in [-0.25, -0.2) is 19.9 Å². The number of pyridine rings is 1. The maximum absolute atomic E-state index is 5.99. The fourth-order valence-electron chi connectivity index (χ4n) is 3.56. The third-order valence-corrected chi connectivity index (χ3v) is 5.22. The molecular weight excluding hydrogens is 402 g/mol. The smallest absolute Gasteiger partial charge is 0.225 e. The Morgan fingerprint density at radius 1 is 0.938 bits per heavy atom. The van der Waals surface area contributed by atoms with E-state index < -0.39 is 0 Å². The standard InChI is InChI=1S/C24H29N7O/c1-2-25-23(30-14-16-31(17-15-30)24-27-12-7-13-28-24)29-18-21-10-6-11-26-22(21)32-19-20-8-4-3-5-9-20/h3-13H,2,14-19H2,1H3,(H,25,29). The Morgan fingerprint density at radius 2 is 1.69 bits per heavy atom. The van der Waals surface area contributed by atoms with Gasteiger partial charge in [-0.15, -0.1) is 0 Å². The van der Waals surface area contributed by atoms with Crippen molar-refractivity contribution in [1.29, 1.82) is 0 Å². The Morgan fingerprint density at radius 3 is 2.44 bits per heavy atom. The second-order valence-corrected chi connectivity index (χ2v) is 7.44. The van der Waals surface area contributed by atoms with E-state index in [1.165, 1.54) is 0 Å². The van der Waals surface area contributed by atoms with Crippen LogP contribution in [0.2, 0.25) is 0 Å². The summed E-state index contributed by atoms with van der Waals surface area (Å²) < 4.78 is 5.99. The molecule has 3 aromatic rings. The number of rotatable bonds is 7. The number of anilines is 1. The van der Waals surface area contributed by atoms with Crippen LogP contribution in [0.5, 0.6) is 5.88 Å². The van der Waals surface area contributed by atoms with Crippen LogP contribution in [0.4, 0.5) is 5.95 Å². The van der Waals surface area contributed by atoms with Crippen molar-refractivity contribution < 1.29 is 4.74 Å². The topological polar surface area (TPSA) is 78.8 Å². The van der Waals surface area contributed by atoms with E-state index in [1.54, 1.807) is 18.6 Å². The van der Waals surface area contributed by atoms with Gasteiger partial charge in [-0.05, 0) is 24.6 Å². The van der Waals surface area contributed by atoms with Crippen LogP contribution in [0.25, 0.3) is 0 Å². The van der Waals surface area contributed by atoms with Crippen molar-refractivity contribution in [3.63, 3.8) is 0 Å². The van der Waals surface area contributed by atoms with Gasteiger partial charge in [0.2, 0.25) is 11.8 Å². The van der Waals surface area contributed by atoms with E-state index in [0.717, 1.165) is 55.8 Å². The highest BCUT2D eigenvalue weighted by Gasteiger charge is 2.21. The van der Waals surface area contributed by atoms with Crippen LogP contribution >= 0.6 is 0 Å². The van der Waals surface area contributed by atoms with Gasteiger partial charge in [0.25, 0.3) is 0 Å². The van der Waals surface area contributed by atoms with Gasteiger partial charge in [0.1, 0.15) is 6.61 Å². The van der Waals surface area contributed by atoms with Crippen LogP contribution in [0, 0.1) is 0 Å². The summed E-state index contributed by atoms with van der Waals surface area (Å²) >= 11 is 0. The maximum atomic E-state index is 5.99. The van der Waals surface area contributed by atoms with Crippen molar-refractivity contribution in [2.75, 3.05) is 37.6 Å². The Balaban J connectivity index is 1.39. The Kier molecular flexibility index (Phi) is 7.46. The first-order valence-corrected chi connectivity index (χ1v) is 11.0. The SMILES string of the molecule is CCNC(=NCc1cccnc1OCc1ccccc1)N1CCN(c2ncccn2)CC1. The molecule has 166 valence electrons. The lowest BCUT2D eigenvalue weighted by molar-refractivity contribution is 0.290. The van der Waals surface area contributed by atoms with E-state index in [2.05, 4.69) is 37.0 Å². The molecule has 0 radical (unpaired) electrons. The average molecular weight is 432 g/mol. The Bertz CT molecular complexity index is 989. The number of guanidine groups is 1. The van der Waals surface area contributed by atoms with Crippen LogP contribution in [-0.4, -0.2) is 58.5 Å². The average Bonchev–Trinajstić information content (AvgIpc) is 2.87. The third-order valence-electron chi connectivity index (χ3n) is 5.22. The number of ether oxygens (including phenoxy) is 1. The number of hydrogen-bond acceptors (Lipinski definition) is 6. The van der Waals surface area contributed by atoms with Gasteiger partial charge < -0.3 is 19.9 Å². The summed E-state index contributed by atoms with van der Waals surface area (Å²) in [4.78, 5) is 22.5. The van der Waals surface area contributed by atoms with Crippen LogP contribution in [0.1, 0.15) is 18.1 Å². The fraction of sp³-hybridized carbons (Fsp3) is 0.333. The molecule has 1 aliphatic rings. The van der Waals surface area contributed by atoms with E-state index in [4.69, 9.17) is 9.73 Å². The molecule has 32 heavy (non-hydrogen) atoms. The molecule has 1 saturated heterocycles. The quantitative estimate of drug-likeness (QED) is 0.455. The monoisotopic (exact) mass is 431 g/mol. The molecule has 0 saturated carbocycles. The van der Waals surface area contributed by atoms with Crippen molar-refractivity contribution in [2.24, 2.45) is 4.99 Å². The van der Waals surface area contributed by atoms with E-state index in [9.17, 15) is 0 Å². The largest absolute Gasteiger partial charge is 0.473 e. The molecule has 1 aromatic carbocycles. The fourth-order valence-corrected chi connectivity index (χ4v) is 3.56. The molecule has 0 bridgehead atoms. The van der Waals surface area contributed by atoms with Crippen LogP contribution in [0.15, 0.2) is 72.1 Å². The third kappa shape index (κ3) is 5.72. The maximum Gasteiger partial charge on any atom is 0.225 e. The van der Waals surface area contributed by atoms with E-state index in [1.807, 2.05) is 48.5 Å². The molecule has 0 spiro atoms. The molecule has 3 heterocycles. The van der Waals surface area contributed by atoms with Crippen LogP contribution in [-0.2, 0) is 13.2 Å². The van der Waals surface area contributed by atoms with E-state index in [0.29, 0.717) is 19.0 Å². The summed E-state index contributed by atoms with van der Waals surface area (Å²) in [5.74, 6) is 2.31. The van der Waals surface area contributed by atoms with E-state index >= 15 is 0 Å². The first-order chi connectivity index (χ1) is 15.8. The van der Waals surface area contributed by atoms with Gasteiger partial charge in [-0.3, -0.25) is 0 Å². The predicted molar refractivity (Wildman–Crippen MR) is 126 cm³/mol. The second kappa shape index (κ2) is 11.1. The molecular formula is C24H29N7O. The van der Waals surface area contributed by atoms with Crippen molar-refractivity contribution in [3.05, 3.63) is 78.2 Å². The van der Waals surface area contributed by atoms with Gasteiger partial charge in [-0.2, -0.15) is 0 Å². The first-order valence-electron chi connectivity index (χ1n) is 11.0. The van der Waals surface area contributed by atoms with E-state index in [-0.39, 0.29) is 0 Å². The molecule has 1 aliphatic heterocycles. The van der Waals surface area contributed by atoms with Gasteiger partial charge >= 0.3 is 0 Å². The van der Waals surface area contributed by atoms with Gasteiger partial charge in [-0.1, -0.05) is 36.4 Å². The summed E-state index contributed by atoms with van der Waals surface area (Å²) in [5.41, 5.74) is 2.08. The summed E-state index contributed by atoms with van der Waals surface area (Å²) in [6.45, 7) is 7.30. The normalized spacial score (nSPS) is 14.3. The zero-order chi connectivity index (χ0) is 22.0. The first kappa shape index (κ1) is 21.5. The molecule has 4 rings (SSSR count). The number of aromatic nitrogens is 3. The summed E-state index contributed by atoms with van der Waals surface area (Å²) in [6.07, 6.45) is 5.32. The van der Waals surface area contributed by atoms with Crippen molar-refractivity contribution in [3.8, 4) is 5.88 Å². The highest BCUT2D eigenvalue weighted by Crippen LogP contribution is 2.18. The molecule has 1 N–H and O–H groups in total. The highest BCUT2D eigenvalue weighted by molar-refractivity contribution is 5.80. The minimum atomic E-state index is 0.484. The number of benzene rings is 1. The van der Waals surface area contributed by atoms with Crippen molar-refractivity contribution >= 4 is 11.9 Å². The zero-order valence-electron chi connectivity index (χ0n) is 18.4. The lowest BCUT2D eigenvalue weighted by Gasteiger charge is -2.36. The second-order valence-electron chi connectivity index (χ2n) is 7.44. The Hall–Kier alpha value is -3.68. The summed E-state index contributed by atoms with van der Waals surface area (Å²) in [5, 5.41) is 3.42. The van der Waals surface area contributed by atoms with Crippen LogP contribution < -0.4 is 15.0 Å². The number of hydrogen-bond donors (Lipinski definition) is 1. The lowest BCUT2D eigenvalue weighted by Crippen LogP contribution is -2.53. The molecule has 0 unspecified atom stereocenters. The minimum absolute atomic E-state index is 0.484. The molecule has 0 atom stereocenters. The zero-order valence-corrected chi connectivity index (χ0v) is 18.4. The van der Waals surface area contributed by atoms with Crippen LogP contribution in [0.3, 0.4) is 0 Å². The minimum Gasteiger partial charge on any atom is -0.473 e. The number of nitrogens with one attached hydrogen (secondary N) is 1. The molecule has 1 fully saturated rings. The summed E-state index contributed by atoms with van der Waals surface area (Å²) in [6, 6.07) is 15.9. The summed E-state index contributed by atoms with van der Waals surface area (Å²) in [7, 11) is 0. The molecule has 0 amide bonds. The van der Waals surface area contributed by atoms with Gasteiger partial charge in [0.05, 0.1) is 6.54 Å². The molecule has 8 heteroatoms.